The first-order valence-electron chi connectivity index (χ1n) is 5.08. The Kier molecular flexibility index (Phi) is 2.73. The fourth-order valence-electron chi connectivity index (χ4n) is 2.03. The van der Waals surface area contributed by atoms with Crippen LogP contribution in [0.25, 0.3) is 0 Å². The highest BCUT2D eigenvalue weighted by atomic mass is 16.5. The zero-order valence-corrected chi connectivity index (χ0v) is 8.44. The second kappa shape index (κ2) is 4.01. The standard InChI is InChI=1S/C12H16O2/c1-14-12-4-2-10(3-5-12)11-6-9(7-11)8-13/h2-5,9,11,13H,6-8H2,1H3. The van der Waals surface area contributed by atoms with Crippen molar-refractivity contribution in [2.24, 2.45) is 5.92 Å². The summed E-state index contributed by atoms with van der Waals surface area (Å²) < 4.78 is 5.10. The number of methoxy groups -OCH3 is 1. The van der Waals surface area contributed by atoms with Crippen LogP contribution in [0.15, 0.2) is 24.3 Å². The number of ether oxygens (including phenoxy) is 1. The van der Waals surface area contributed by atoms with E-state index in [0.29, 0.717) is 18.4 Å². The number of benzene rings is 1. The molecular formula is C12H16O2. The molecule has 2 nitrogen and oxygen atoms in total. The lowest BCUT2D eigenvalue weighted by Gasteiger charge is -2.34. The van der Waals surface area contributed by atoms with Crippen LogP contribution in [0.3, 0.4) is 0 Å². The summed E-state index contributed by atoms with van der Waals surface area (Å²) >= 11 is 0. The minimum absolute atomic E-state index is 0.340. The first-order valence-corrected chi connectivity index (χ1v) is 5.08. The zero-order chi connectivity index (χ0) is 9.97. The molecule has 76 valence electrons. The molecule has 0 aliphatic heterocycles. The summed E-state index contributed by atoms with van der Waals surface area (Å²) in [4.78, 5) is 0. The minimum atomic E-state index is 0.340. The van der Waals surface area contributed by atoms with Gasteiger partial charge in [-0.3, -0.25) is 0 Å². The molecule has 1 aliphatic carbocycles. The topological polar surface area (TPSA) is 29.5 Å². The second-order valence-corrected chi connectivity index (χ2v) is 3.99. The molecule has 1 fully saturated rings. The van der Waals surface area contributed by atoms with Gasteiger partial charge in [0.1, 0.15) is 5.75 Å². The molecule has 0 bridgehead atoms. The lowest BCUT2D eigenvalue weighted by Crippen LogP contribution is -2.24. The van der Waals surface area contributed by atoms with E-state index < -0.39 is 0 Å². The van der Waals surface area contributed by atoms with Gasteiger partial charge in [0, 0.05) is 6.61 Å². The maximum Gasteiger partial charge on any atom is 0.118 e. The number of hydrogen-bond donors (Lipinski definition) is 1. The highest BCUT2D eigenvalue weighted by Gasteiger charge is 2.29. The van der Waals surface area contributed by atoms with E-state index in [0.717, 1.165) is 18.6 Å². The second-order valence-electron chi connectivity index (χ2n) is 3.99. The normalized spacial score (nSPS) is 25.6. The van der Waals surface area contributed by atoms with Gasteiger partial charge >= 0.3 is 0 Å². The van der Waals surface area contributed by atoms with Crippen LogP contribution in [0.4, 0.5) is 0 Å². The van der Waals surface area contributed by atoms with Crippen molar-refractivity contribution in [1.82, 2.24) is 0 Å². The quantitative estimate of drug-likeness (QED) is 0.795. The smallest absolute Gasteiger partial charge is 0.118 e. The van der Waals surface area contributed by atoms with Gasteiger partial charge in [-0.25, -0.2) is 0 Å². The van der Waals surface area contributed by atoms with Gasteiger partial charge < -0.3 is 9.84 Å². The van der Waals surface area contributed by atoms with Gasteiger partial charge in [-0.1, -0.05) is 12.1 Å². The molecule has 1 N–H and O–H groups in total. The van der Waals surface area contributed by atoms with Gasteiger partial charge in [0.05, 0.1) is 7.11 Å². The lowest BCUT2D eigenvalue weighted by molar-refractivity contribution is 0.142. The average Bonchev–Trinajstić information content (AvgIpc) is 2.17. The molecule has 0 radical (unpaired) electrons. The molecule has 2 rings (SSSR count). The van der Waals surface area contributed by atoms with Crippen molar-refractivity contribution in [3.63, 3.8) is 0 Å². The van der Waals surface area contributed by atoms with E-state index in [1.54, 1.807) is 7.11 Å². The Morgan fingerprint density at radius 2 is 1.93 bits per heavy atom. The van der Waals surface area contributed by atoms with Crippen LogP contribution in [0.1, 0.15) is 24.3 Å². The van der Waals surface area contributed by atoms with Crippen LogP contribution >= 0.6 is 0 Å². The van der Waals surface area contributed by atoms with Gasteiger partial charge in [-0.05, 0) is 42.4 Å². The van der Waals surface area contributed by atoms with Gasteiger partial charge in [0.15, 0.2) is 0 Å². The Labute approximate surface area is 84.5 Å². The molecular weight excluding hydrogens is 176 g/mol. The Morgan fingerprint density at radius 3 is 2.43 bits per heavy atom. The van der Waals surface area contributed by atoms with Crippen molar-refractivity contribution >= 4 is 0 Å². The molecule has 0 spiro atoms. The highest BCUT2D eigenvalue weighted by molar-refractivity contribution is 5.30. The highest BCUT2D eigenvalue weighted by Crippen LogP contribution is 2.41. The molecule has 0 unspecified atom stereocenters. The molecule has 1 aliphatic rings. The lowest BCUT2D eigenvalue weighted by atomic mass is 9.72. The largest absolute Gasteiger partial charge is 0.497 e. The Morgan fingerprint density at radius 1 is 1.29 bits per heavy atom. The van der Waals surface area contributed by atoms with Gasteiger partial charge in [-0.2, -0.15) is 0 Å². The molecule has 0 atom stereocenters. The van der Waals surface area contributed by atoms with Crippen LogP contribution in [-0.2, 0) is 0 Å². The molecule has 2 heteroatoms. The third-order valence-corrected chi connectivity index (χ3v) is 3.08. The third-order valence-electron chi connectivity index (χ3n) is 3.08. The molecule has 0 aromatic heterocycles. The summed E-state index contributed by atoms with van der Waals surface area (Å²) in [7, 11) is 1.68. The Hall–Kier alpha value is -1.02. The number of aliphatic hydroxyl groups excluding tert-OH is 1. The maximum atomic E-state index is 8.91. The third kappa shape index (κ3) is 1.75. The summed E-state index contributed by atoms with van der Waals surface area (Å²) in [5.41, 5.74) is 1.37. The van der Waals surface area contributed by atoms with E-state index >= 15 is 0 Å². The first-order chi connectivity index (χ1) is 6.83. The molecule has 0 saturated heterocycles. The monoisotopic (exact) mass is 192 g/mol. The van der Waals surface area contributed by atoms with E-state index in [1.807, 2.05) is 12.1 Å². The van der Waals surface area contributed by atoms with Crippen molar-refractivity contribution < 1.29 is 9.84 Å². The number of hydrogen-bond acceptors (Lipinski definition) is 2. The van der Waals surface area contributed by atoms with Gasteiger partial charge in [-0.15, -0.1) is 0 Å². The average molecular weight is 192 g/mol. The molecule has 0 heterocycles. The van der Waals surface area contributed by atoms with E-state index in [4.69, 9.17) is 9.84 Å². The van der Waals surface area contributed by atoms with Gasteiger partial charge in [0.2, 0.25) is 0 Å². The van der Waals surface area contributed by atoms with Crippen LogP contribution in [-0.4, -0.2) is 18.8 Å². The molecule has 1 saturated carbocycles. The molecule has 0 amide bonds. The van der Waals surface area contributed by atoms with Crippen molar-refractivity contribution in [3.8, 4) is 5.75 Å². The van der Waals surface area contributed by atoms with Crippen molar-refractivity contribution in [2.45, 2.75) is 18.8 Å². The number of rotatable bonds is 3. The summed E-state index contributed by atoms with van der Waals surface area (Å²) in [5.74, 6) is 2.09. The van der Waals surface area contributed by atoms with E-state index in [-0.39, 0.29) is 0 Å². The first kappa shape index (κ1) is 9.53. The van der Waals surface area contributed by atoms with Crippen LogP contribution in [0, 0.1) is 5.92 Å². The fourth-order valence-corrected chi connectivity index (χ4v) is 2.03. The molecule has 1 aromatic rings. The summed E-state index contributed by atoms with van der Waals surface area (Å²) in [6.45, 7) is 0.340. The Bertz CT molecular complexity index is 286. The van der Waals surface area contributed by atoms with E-state index in [9.17, 15) is 0 Å². The van der Waals surface area contributed by atoms with Crippen LogP contribution in [0.2, 0.25) is 0 Å². The minimum Gasteiger partial charge on any atom is -0.497 e. The molecule has 14 heavy (non-hydrogen) atoms. The molecule has 1 aromatic carbocycles. The van der Waals surface area contributed by atoms with E-state index in [2.05, 4.69) is 12.1 Å². The van der Waals surface area contributed by atoms with Crippen molar-refractivity contribution in [3.05, 3.63) is 29.8 Å². The number of aliphatic hydroxyl groups is 1. The van der Waals surface area contributed by atoms with Crippen LogP contribution < -0.4 is 4.74 Å². The van der Waals surface area contributed by atoms with Crippen molar-refractivity contribution in [2.75, 3.05) is 13.7 Å². The Balaban J connectivity index is 1.98. The van der Waals surface area contributed by atoms with Gasteiger partial charge in [0.25, 0.3) is 0 Å². The predicted octanol–water partition coefficient (Wildman–Crippen LogP) is 2.18. The summed E-state index contributed by atoms with van der Waals surface area (Å²) in [6, 6.07) is 8.25. The van der Waals surface area contributed by atoms with Crippen molar-refractivity contribution in [1.29, 1.82) is 0 Å². The summed E-state index contributed by atoms with van der Waals surface area (Å²) in [5, 5.41) is 8.91. The van der Waals surface area contributed by atoms with Crippen LogP contribution in [0.5, 0.6) is 5.75 Å². The van der Waals surface area contributed by atoms with E-state index in [1.165, 1.54) is 5.56 Å². The SMILES string of the molecule is COc1ccc(C2CC(CO)C2)cc1. The summed E-state index contributed by atoms with van der Waals surface area (Å²) in [6.07, 6.45) is 2.26. The maximum absolute atomic E-state index is 8.91. The predicted molar refractivity (Wildman–Crippen MR) is 55.5 cm³/mol. The zero-order valence-electron chi connectivity index (χ0n) is 8.44. The fraction of sp³-hybridized carbons (Fsp3) is 0.500.